The fraction of sp³-hybridized carbons (Fsp3) is 0.208. The maximum atomic E-state index is 13.3. The zero-order chi connectivity index (χ0) is 24.8. The summed E-state index contributed by atoms with van der Waals surface area (Å²) in [4.78, 5) is 12.6. The molecule has 0 atom stereocenters. The Balaban J connectivity index is 1.82. The Morgan fingerprint density at radius 3 is 2.26 bits per heavy atom. The van der Waals surface area contributed by atoms with Crippen molar-refractivity contribution in [3.8, 4) is 5.75 Å². The molecular formula is C24H23F3N2O4S. The van der Waals surface area contributed by atoms with Gasteiger partial charge < -0.3 is 10.1 Å². The van der Waals surface area contributed by atoms with Crippen LogP contribution in [0.25, 0.3) is 0 Å². The van der Waals surface area contributed by atoms with Crippen LogP contribution in [0.2, 0.25) is 0 Å². The number of methoxy groups -OCH3 is 1. The molecule has 6 nitrogen and oxygen atoms in total. The van der Waals surface area contributed by atoms with E-state index in [4.69, 9.17) is 4.74 Å². The number of amides is 1. The summed E-state index contributed by atoms with van der Waals surface area (Å²) in [5, 5.41) is 2.36. The Bertz CT molecular complexity index is 1210. The zero-order valence-corrected chi connectivity index (χ0v) is 19.1. The number of sulfonamides is 1. The van der Waals surface area contributed by atoms with Crippen molar-refractivity contribution >= 4 is 21.6 Å². The normalized spacial score (nSPS) is 11.9. The van der Waals surface area contributed by atoms with Gasteiger partial charge in [-0.15, -0.1) is 0 Å². The molecule has 0 aliphatic carbocycles. The van der Waals surface area contributed by atoms with Gasteiger partial charge in [0.15, 0.2) is 0 Å². The fourth-order valence-electron chi connectivity index (χ4n) is 3.21. The number of alkyl halides is 3. The number of rotatable bonds is 9. The number of hydrogen-bond donors (Lipinski definition) is 1. The topological polar surface area (TPSA) is 75.7 Å². The molecule has 180 valence electrons. The summed E-state index contributed by atoms with van der Waals surface area (Å²) in [7, 11) is -2.63. The van der Waals surface area contributed by atoms with E-state index in [0.29, 0.717) is 12.2 Å². The maximum Gasteiger partial charge on any atom is 0.416 e. The molecule has 3 rings (SSSR count). The first-order chi connectivity index (χ1) is 16.1. The molecule has 34 heavy (non-hydrogen) atoms. The van der Waals surface area contributed by atoms with Crippen LogP contribution in [0.5, 0.6) is 5.75 Å². The van der Waals surface area contributed by atoms with Crippen LogP contribution < -0.4 is 10.1 Å². The number of halogens is 3. The molecule has 0 fully saturated rings. The molecule has 0 unspecified atom stereocenters. The van der Waals surface area contributed by atoms with Gasteiger partial charge in [-0.05, 0) is 54.4 Å². The molecule has 1 N–H and O–H groups in total. The van der Waals surface area contributed by atoms with E-state index >= 15 is 0 Å². The van der Waals surface area contributed by atoms with Gasteiger partial charge in [0.2, 0.25) is 15.9 Å². The number of carbonyl (C=O) groups excluding carboxylic acids is 1. The van der Waals surface area contributed by atoms with Gasteiger partial charge in [-0.1, -0.05) is 36.4 Å². The van der Waals surface area contributed by atoms with Gasteiger partial charge >= 0.3 is 6.18 Å². The van der Waals surface area contributed by atoms with Crippen LogP contribution >= 0.6 is 0 Å². The highest BCUT2D eigenvalue weighted by molar-refractivity contribution is 7.89. The van der Waals surface area contributed by atoms with Gasteiger partial charge in [0, 0.05) is 12.2 Å². The standard InChI is InChI=1S/C24H23F3N2O4S/c1-33-21-10-12-22(13-11-21)34(31,32)29(15-14-18-6-3-2-4-7-18)17-23(30)28-20-9-5-8-19(16-20)24(25,26)27/h2-13,16H,14-15,17H2,1H3,(H,28,30). The first-order valence-electron chi connectivity index (χ1n) is 10.2. The molecule has 0 aliphatic heterocycles. The minimum absolute atomic E-state index is 0.00557. The van der Waals surface area contributed by atoms with E-state index in [9.17, 15) is 26.4 Å². The molecule has 0 aliphatic rings. The smallest absolute Gasteiger partial charge is 0.416 e. The molecule has 3 aromatic carbocycles. The van der Waals surface area contributed by atoms with Gasteiger partial charge in [-0.25, -0.2) is 8.42 Å². The molecule has 1 amide bonds. The molecule has 10 heteroatoms. The summed E-state index contributed by atoms with van der Waals surface area (Å²) in [6.45, 7) is -0.578. The molecule has 0 saturated carbocycles. The molecule has 0 bridgehead atoms. The third-order valence-corrected chi connectivity index (χ3v) is 6.84. The lowest BCUT2D eigenvalue weighted by Crippen LogP contribution is -2.39. The average molecular weight is 493 g/mol. The van der Waals surface area contributed by atoms with Crippen LogP contribution in [0.3, 0.4) is 0 Å². The van der Waals surface area contributed by atoms with Crippen LogP contribution in [-0.2, 0) is 27.4 Å². The minimum atomic E-state index is -4.57. The van der Waals surface area contributed by atoms with Crippen LogP contribution in [0.4, 0.5) is 18.9 Å². The summed E-state index contributed by atoms with van der Waals surface area (Å²) in [5.41, 5.74) is -0.127. The second kappa shape index (κ2) is 10.7. The van der Waals surface area contributed by atoms with Crippen LogP contribution in [0.1, 0.15) is 11.1 Å². The highest BCUT2D eigenvalue weighted by Crippen LogP contribution is 2.30. The second-order valence-corrected chi connectivity index (χ2v) is 9.31. The Labute approximate surface area is 196 Å². The van der Waals surface area contributed by atoms with Crippen molar-refractivity contribution in [3.05, 3.63) is 90.0 Å². The number of nitrogens with one attached hydrogen (secondary N) is 1. The van der Waals surface area contributed by atoms with E-state index in [-0.39, 0.29) is 17.1 Å². The second-order valence-electron chi connectivity index (χ2n) is 7.38. The first kappa shape index (κ1) is 25.3. The Morgan fingerprint density at radius 2 is 1.65 bits per heavy atom. The third kappa shape index (κ3) is 6.58. The quantitative estimate of drug-likeness (QED) is 0.474. The van der Waals surface area contributed by atoms with Gasteiger partial charge in [-0.2, -0.15) is 17.5 Å². The number of benzene rings is 3. The summed E-state index contributed by atoms with van der Waals surface area (Å²) in [6, 6.07) is 19.0. The highest BCUT2D eigenvalue weighted by atomic mass is 32.2. The molecule has 0 radical (unpaired) electrons. The number of anilines is 1. The van der Waals surface area contributed by atoms with Crippen molar-refractivity contribution in [3.63, 3.8) is 0 Å². The summed E-state index contributed by atoms with van der Waals surface area (Å²) in [5.74, 6) is -0.290. The molecule has 3 aromatic rings. The largest absolute Gasteiger partial charge is 0.497 e. The van der Waals surface area contributed by atoms with Gasteiger partial charge in [0.05, 0.1) is 24.1 Å². The minimum Gasteiger partial charge on any atom is -0.497 e. The van der Waals surface area contributed by atoms with Gasteiger partial charge in [-0.3, -0.25) is 4.79 Å². The maximum absolute atomic E-state index is 13.3. The lowest BCUT2D eigenvalue weighted by Gasteiger charge is -2.22. The van der Waals surface area contributed by atoms with E-state index in [1.54, 1.807) is 0 Å². The first-order valence-corrected chi connectivity index (χ1v) is 11.7. The Morgan fingerprint density at radius 1 is 0.971 bits per heavy atom. The van der Waals surface area contributed by atoms with E-state index in [1.165, 1.54) is 43.5 Å². The summed E-state index contributed by atoms with van der Waals surface area (Å²) in [6.07, 6.45) is -4.23. The summed E-state index contributed by atoms with van der Waals surface area (Å²) >= 11 is 0. The number of hydrogen-bond acceptors (Lipinski definition) is 4. The molecule has 0 spiro atoms. The predicted molar refractivity (Wildman–Crippen MR) is 122 cm³/mol. The van der Waals surface area contributed by atoms with Crippen molar-refractivity contribution in [1.82, 2.24) is 4.31 Å². The van der Waals surface area contributed by atoms with Crippen molar-refractivity contribution in [2.75, 3.05) is 25.5 Å². The molecule has 0 heterocycles. The van der Waals surface area contributed by atoms with Crippen molar-refractivity contribution in [2.45, 2.75) is 17.5 Å². The van der Waals surface area contributed by atoms with E-state index in [1.807, 2.05) is 30.3 Å². The Kier molecular flexibility index (Phi) is 7.95. The van der Waals surface area contributed by atoms with Crippen LogP contribution in [0, 0.1) is 0 Å². The van der Waals surface area contributed by atoms with E-state index < -0.39 is 34.2 Å². The van der Waals surface area contributed by atoms with E-state index in [0.717, 1.165) is 22.0 Å². The molecular weight excluding hydrogens is 469 g/mol. The monoisotopic (exact) mass is 492 g/mol. The van der Waals surface area contributed by atoms with Gasteiger partial charge in [0.1, 0.15) is 5.75 Å². The lowest BCUT2D eigenvalue weighted by atomic mass is 10.1. The predicted octanol–water partition coefficient (Wildman–Crippen LogP) is 4.59. The number of nitrogens with zero attached hydrogens (tertiary/aromatic N) is 1. The lowest BCUT2D eigenvalue weighted by molar-refractivity contribution is -0.137. The zero-order valence-electron chi connectivity index (χ0n) is 18.2. The van der Waals surface area contributed by atoms with E-state index in [2.05, 4.69) is 5.32 Å². The highest BCUT2D eigenvalue weighted by Gasteiger charge is 2.31. The average Bonchev–Trinajstić information content (AvgIpc) is 2.82. The molecule has 0 saturated heterocycles. The van der Waals surface area contributed by atoms with Crippen molar-refractivity contribution in [1.29, 1.82) is 0 Å². The van der Waals surface area contributed by atoms with Gasteiger partial charge in [0.25, 0.3) is 0 Å². The number of carbonyl (C=O) groups is 1. The van der Waals surface area contributed by atoms with Crippen LogP contribution in [-0.4, -0.2) is 38.8 Å². The fourth-order valence-corrected chi connectivity index (χ4v) is 4.61. The third-order valence-electron chi connectivity index (χ3n) is 4.98. The van der Waals surface area contributed by atoms with Crippen molar-refractivity contribution < 1.29 is 31.1 Å². The summed E-state index contributed by atoms with van der Waals surface area (Å²) < 4.78 is 71.5. The Hall–Kier alpha value is -3.37. The van der Waals surface area contributed by atoms with Crippen molar-refractivity contribution in [2.24, 2.45) is 0 Å². The number of ether oxygens (including phenoxy) is 1. The van der Waals surface area contributed by atoms with Crippen LogP contribution in [0.15, 0.2) is 83.8 Å². The molecule has 0 aromatic heterocycles. The SMILES string of the molecule is COc1ccc(S(=O)(=O)N(CCc2ccccc2)CC(=O)Nc2cccc(C(F)(F)F)c2)cc1.